The smallest absolute Gasteiger partial charge is 0.374 e. The number of carbonyl (C=O) groups excluding carboxylic acids is 1. The highest BCUT2D eigenvalue weighted by atomic mass is 79.9. The van der Waals surface area contributed by atoms with E-state index in [0.29, 0.717) is 16.3 Å². The van der Waals surface area contributed by atoms with Gasteiger partial charge in [-0.15, -0.1) is 0 Å². The number of nitrogens with zero attached hydrogens (tertiary/aromatic N) is 3. The first kappa shape index (κ1) is 21.5. The molecule has 30 heavy (non-hydrogen) atoms. The van der Waals surface area contributed by atoms with Gasteiger partial charge in [-0.05, 0) is 61.4 Å². The lowest BCUT2D eigenvalue weighted by molar-refractivity contribution is -0.385. The van der Waals surface area contributed by atoms with E-state index in [9.17, 15) is 14.9 Å². The quantitative estimate of drug-likeness (QED) is 0.368. The van der Waals surface area contributed by atoms with Crippen molar-refractivity contribution in [2.45, 2.75) is 13.8 Å². The molecular weight excluding hydrogens is 478 g/mol. The summed E-state index contributed by atoms with van der Waals surface area (Å²) in [5.41, 5.74) is 6.17. The van der Waals surface area contributed by atoms with E-state index in [-0.39, 0.29) is 11.7 Å². The fourth-order valence-electron chi connectivity index (χ4n) is 2.56. The van der Waals surface area contributed by atoms with Gasteiger partial charge < -0.3 is 4.74 Å². The van der Waals surface area contributed by atoms with Crippen molar-refractivity contribution in [3.8, 4) is 11.6 Å². The molecule has 0 aliphatic carbocycles. The van der Waals surface area contributed by atoms with Crippen molar-refractivity contribution in [3.63, 3.8) is 0 Å². The monoisotopic (exact) mass is 491 g/mol. The Balaban J connectivity index is 1.85. The van der Waals surface area contributed by atoms with E-state index in [1.807, 2.05) is 0 Å². The van der Waals surface area contributed by atoms with Gasteiger partial charge in [0.05, 0.1) is 4.92 Å². The molecule has 0 saturated heterocycles. The molecule has 11 heteroatoms. The summed E-state index contributed by atoms with van der Waals surface area (Å²) < 4.78 is 6.44. The fraction of sp³-hybridized carbons (Fsp3) is 0.105. The number of benzene rings is 2. The van der Waals surface area contributed by atoms with Crippen LogP contribution in [0, 0.1) is 24.0 Å². The zero-order valence-corrected chi connectivity index (χ0v) is 18.1. The fourth-order valence-corrected chi connectivity index (χ4v) is 2.93. The number of anilines is 1. The molecule has 0 aliphatic rings. The number of nitro groups is 1. The van der Waals surface area contributed by atoms with E-state index >= 15 is 0 Å². The number of hydrogen-bond donors (Lipinski definition) is 2. The lowest BCUT2D eigenvalue weighted by atomic mass is 10.1. The van der Waals surface area contributed by atoms with Gasteiger partial charge in [-0.1, -0.05) is 27.5 Å². The van der Waals surface area contributed by atoms with Crippen molar-refractivity contribution >= 4 is 44.9 Å². The first-order valence-electron chi connectivity index (χ1n) is 8.52. The van der Waals surface area contributed by atoms with Gasteiger partial charge in [0, 0.05) is 15.1 Å². The number of hydrogen-bond acceptors (Lipinski definition) is 7. The van der Waals surface area contributed by atoms with E-state index in [0.717, 1.165) is 21.9 Å². The normalized spacial score (nSPS) is 10.4. The molecule has 1 heterocycles. The second-order valence-electron chi connectivity index (χ2n) is 6.19. The maximum absolute atomic E-state index is 12.2. The molecule has 9 nitrogen and oxygen atoms in total. The van der Waals surface area contributed by atoms with Crippen molar-refractivity contribution < 1.29 is 14.5 Å². The average Bonchev–Trinajstić information content (AvgIpc) is 2.70. The van der Waals surface area contributed by atoms with Crippen LogP contribution in [0.3, 0.4) is 0 Å². The number of aromatic nitrogens is 2. The number of carbonyl (C=O) groups is 1. The Kier molecular flexibility index (Phi) is 6.48. The Labute approximate surface area is 184 Å². The molecule has 3 rings (SSSR count). The van der Waals surface area contributed by atoms with Gasteiger partial charge in [-0.2, -0.15) is 4.98 Å². The number of rotatable bonds is 6. The van der Waals surface area contributed by atoms with Gasteiger partial charge in [0.15, 0.2) is 0 Å². The molecule has 154 valence electrons. The molecule has 2 aromatic carbocycles. The molecule has 3 aromatic rings. The van der Waals surface area contributed by atoms with Crippen LogP contribution in [0.15, 0.2) is 47.2 Å². The largest absolute Gasteiger partial charge is 0.434 e. The van der Waals surface area contributed by atoms with Crippen molar-refractivity contribution in [1.82, 2.24) is 15.4 Å². The highest BCUT2D eigenvalue weighted by molar-refractivity contribution is 9.10. The van der Waals surface area contributed by atoms with Crippen LogP contribution in [0.1, 0.15) is 21.5 Å². The Morgan fingerprint density at radius 3 is 2.40 bits per heavy atom. The van der Waals surface area contributed by atoms with Crippen molar-refractivity contribution in [1.29, 1.82) is 0 Å². The van der Waals surface area contributed by atoms with Crippen LogP contribution in [0.2, 0.25) is 5.02 Å². The van der Waals surface area contributed by atoms with Crippen molar-refractivity contribution in [3.05, 3.63) is 79.0 Å². The van der Waals surface area contributed by atoms with Gasteiger partial charge in [-0.3, -0.25) is 25.8 Å². The van der Waals surface area contributed by atoms with E-state index in [2.05, 4.69) is 36.7 Å². The third-order valence-corrected chi connectivity index (χ3v) is 5.12. The lowest BCUT2D eigenvalue weighted by Gasteiger charge is -2.11. The summed E-state index contributed by atoms with van der Waals surface area (Å²) in [6, 6.07) is 9.87. The number of nitrogens with one attached hydrogen (secondary N) is 2. The van der Waals surface area contributed by atoms with Gasteiger partial charge >= 0.3 is 11.6 Å². The van der Waals surface area contributed by atoms with Crippen LogP contribution < -0.4 is 15.6 Å². The second kappa shape index (κ2) is 9.06. The SMILES string of the molecule is Cc1cc(Oc2ncnc(NNC(=O)c3ccc(Br)cc3)c2[N+](=O)[O-])cc(C)c1Cl. The molecule has 1 amide bonds. The van der Waals surface area contributed by atoms with Crippen LogP contribution in [0.25, 0.3) is 0 Å². The number of amides is 1. The number of halogens is 2. The maximum Gasteiger partial charge on any atom is 0.374 e. The summed E-state index contributed by atoms with van der Waals surface area (Å²) in [7, 11) is 0. The molecule has 0 spiro atoms. The summed E-state index contributed by atoms with van der Waals surface area (Å²) >= 11 is 9.43. The van der Waals surface area contributed by atoms with Crippen molar-refractivity contribution in [2.75, 3.05) is 5.43 Å². The summed E-state index contributed by atoms with van der Waals surface area (Å²) in [4.78, 5) is 30.9. The molecule has 2 N–H and O–H groups in total. The van der Waals surface area contributed by atoms with E-state index in [4.69, 9.17) is 16.3 Å². The van der Waals surface area contributed by atoms with E-state index < -0.39 is 16.5 Å². The predicted octanol–water partition coefficient (Wildman–Crippen LogP) is 4.97. The minimum Gasteiger partial charge on any atom is -0.434 e. The Bertz CT molecular complexity index is 1100. The first-order valence-corrected chi connectivity index (χ1v) is 9.69. The summed E-state index contributed by atoms with van der Waals surface area (Å²) in [5, 5.41) is 12.2. The molecule has 0 saturated carbocycles. The van der Waals surface area contributed by atoms with Crippen LogP contribution in [0.5, 0.6) is 11.6 Å². The third-order valence-electron chi connectivity index (χ3n) is 4.00. The minimum atomic E-state index is -0.695. The third kappa shape index (κ3) is 4.84. The Morgan fingerprint density at radius 1 is 1.17 bits per heavy atom. The molecule has 0 unspecified atom stereocenters. The van der Waals surface area contributed by atoms with Crippen LogP contribution >= 0.6 is 27.5 Å². The van der Waals surface area contributed by atoms with Gasteiger partial charge in [0.25, 0.3) is 5.91 Å². The van der Waals surface area contributed by atoms with E-state index in [1.54, 1.807) is 50.2 Å². The van der Waals surface area contributed by atoms with Crippen LogP contribution in [0.4, 0.5) is 11.5 Å². The molecule has 0 fully saturated rings. The van der Waals surface area contributed by atoms with Crippen molar-refractivity contribution in [2.24, 2.45) is 0 Å². The summed E-state index contributed by atoms with van der Waals surface area (Å²) in [6.07, 6.45) is 1.09. The van der Waals surface area contributed by atoms with Crippen LogP contribution in [-0.2, 0) is 0 Å². The zero-order valence-electron chi connectivity index (χ0n) is 15.8. The molecule has 0 aliphatic heterocycles. The van der Waals surface area contributed by atoms with Gasteiger partial charge in [0.1, 0.15) is 12.1 Å². The predicted molar refractivity (Wildman–Crippen MR) is 115 cm³/mol. The standard InChI is InChI=1S/C19H15BrClN5O4/c1-10-7-14(8-11(2)15(10)21)30-19-16(26(28)29)17(22-9-23-19)24-25-18(27)12-3-5-13(20)6-4-12/h3-9H,1-2H3,(H,25,27)(H,22,23,24). The topological polar surface area (TPSA) is 119 Å². The van der Waals surface area contributed by atoms with E-state index in [1.165, 1.54) is 0 Å². The number of hydrazine groups is 1. The summed E-state index contributed by atoms with van der Waals surface area (Å²) in [5.74, 6) is -0.669. The number of aryl methyl sites for hydroxylation is 2. The second-order valence-corrected chi connectivity index (χ2v) is 7.49. The maximum atomic E-state index is 12.2. The van der Waals surface area contributed by atoms with Crippen LogP contribution in [-0.4, -0.2) is 20.8 Å². The highest BCUT2D eigenvalue weighted by Crippen LogP contribution is 2.35. The molecule has 0 bridgehead atoms. The Hall–Kier alpha value is -3.24. The summed E-state index contributed by atoms with van der Waals surface area (Å²) in [6.45, 7) is 3.59. The Morgan fingerprint density at radius 2 is 1.80 bits per heavy atom. The molecular formula is C19H15BrClN5O4. The van der Waals surface area contributed by atoms with Gasteiger partial charge in [0.2, 0.25) is 5.82 Å². The molecule has 0 radical (unpaired) electrons. The number of ether oxygens (including phenoxy) is 1. The van der Waals surface area contributed by atoms with Gasteiger partial charge in [-0.25, -0.2) is 4.98 Å². The zero-order chi connectivity index (χ0) is 21.8. The molecule has 1 aromatic heterocycles. The first-order chi connectivity index (χ1) is 14.3. The average molecular weight is 493 g/mol. The molecule has 0 atom stereocenters. The lowest BCUT2D eigenvalue weighted by Crippen LogP contribution is -2.30. The highest BCUT2D eigenvalue weighted by Gasteiger charge is 2.26. The minimum absolute atomic E-state index is 0.224.